The van der Waals surface area contributed by atoms with Crippen LogP contribution in [-0.2, 0) is 14.3 Å². The molecule has 0 saturated carbocycles. The number of aliphatic hydroxyl groups is 1. The molecule has 0 aromatic heterocycles. The third-order valence-corrected chi connectivity index (χ3v) is 5.44. The van der Waals surface area contributed by atoms with Crippen LogP contribution in [0.15, 0.2) is 60.2 Å². The van der Waals surface area contributed by atoms with Gasteiger partial charge in [0, 0.05) is 18.7 Å². The van der Waals surface area contributed by atoms with Gasteiger partial charge in [0.05, 0.1) is 24.8 Å². The number of rotatable bonds is 5. The fourth-order valence-electron chi connectivity index (χ4n) is 3.96. The van der Waals surface area contributed by atoms with E-state index >= 15 is 0 Å². The lowest BCUT2D eigenvalue weighted by molar-refractivity contribution is -0.140. The predicted molar refractivity (Wildman–Crippen MR) is 107 cm³/mol. The molecule has 2 saturated heterocycles. The SMILES string of the molecule is COc1ccc(/C(O)=C2\C(=O)C(=O)N(CC3CCCO3)C2c2ccccc2)cc1. The van der Waals surface area contributed by atoms with Gasteiger partial charge in [-0.1, -0.05) is 30.3 Å². The van der Waals surface area contributed by atoms with Crippen LogP contribution in [0, 0.1) is 0 Å². The Labute approximate surface area is 169 Å². The van der Waals surface area contributed by atoms with E-state index in [0.717, 1.165) is 18.4 Å². The maximum absolute atomic E-state index is 12.9. The fourth-order valence-corrected chi connectivity index (χ4v) is 3.96. The zero-order valence-corrected chi connectivity index (χ0v) is 16.2. The monoisotopic (exact) mass is 393 g/mol. The van der Waals surface area contributed by atoms with Crippen molar-refractivity contribution in [2.24, 2.45) is 0 Å². The predicted octanol–water partition coefficient (Wildman–Crippen LogP) is 3.30. The summed E-state index contributed by atoms with van der Waals surface area (Å²) in [6.45, 7) is 0.986. The van der Waals surface area contributed by atoms with Gasteiger partial charge in [0.25, 0.3) is 11.7 Å². The summed E-state index contributed by atoms with van der Waals surface area (Å²) in [5, 5.41) is 11.0. The van der Waals surface area contributed by atoms with Gasteiger partial charge in [-0.05, 0) is 42.7 Å². The largest absolute Gasteiger partial charge is 0.507 e. The number of benzene rings is 2. The van der Waals surface area contributed by atoms with Gasteiger partial charge in [0.2, 0.25) is 0 Å². The summed E-state index contributed by atoms with van der Waals surface area (Å²) in [5.74, 6) is -0.829. The van der Waals surface area contributed by atoms with Crippen LogP contribution < -0.4 is 4.74 Å². The van der Waals surface area contributed by atoms with Crippen LogP contribution in [0.5, 0.6) is 5.75 Å². The standard InChI is InChI=1S/C23H23NO5/c1-28-17-11-9-16(10-12-17)21(25)19-20(15-6-3-2-4-7-15)24(23(27)22(19)26)14-18-8-5-13-29-18/h2-4,6-7,9-12,18,20,25H,5,8,13-14H2,1H3/b21-19+. The zero-order valence-electron chi connectivity index (χ0n) is 16.2. The Morgan fingerprint density at radius 3 is 2.48 bits per heavy atom. The average molecular weight is 393 g/mol. The van der Waals surface area contributed by atoms with Crippen LogP contribution in [0.3, 0.4) is 0 Å². The molecule has 2 aliphatic heterocycles. The normalized spacial score (nSPS) is 23.6. The molecule has 2 aromatic rings. The van der Waals surface area contributed by atoms with Crippen molar-refractivity contribution in [1.82, 2.24) is 4.90 Å². The molecule has 150 valence electrons. The summed E-state index contributed by atoms with van der Waals surface area (Å²) in [6, 6.07) is 15.4. The highest BCUT2D eigenvalue weighted by Crippen LogP contribution is 2.40. The lowest BCUT2D eigenvalue weighted by atomic mass is 9.95. The molecule has 2 aromatic carbocycles. The van der Waals surface area contributed by atoms with E-state index in [1.165, 1.54) is 4.90 Å². The van der Waals surface area contributed by atoms with E-state index in [0.29, 0.717) is 24.5 Å². The molecule has 2 aliphatic rings. The van der Waals surface area contributed by atoms with E-state index in [1.54, 1.807) is 31.4 Å². The Balaban J connectivity index is 1.79. The molecule has 1 N–H and O–H groups in total. The number of hydrogen-bond acceptors (Lipinski definition) is 5. The highest BCUT2D eigenvalue weighted by atomic mass is 16.5. The Hall–Kier alpha value is -3.12. The molecule has 2 fully saturated rings. The van der Waals surface area contributed by atoms with E-state index in [-0.39, 0.29) is 17.4 Å². The summed E-state index contributed by atoms with van der Waals surface area (Å²) in [7, 11) is 1.56. The lowest BCUT2D eigenvalue weighted by Crippen LogP contribution is -2.36. The van der Waals surface area contributed by atoms with Crippen LogP contribution in [-0.4, -0.2) is 48.1 Å². The summed E-state index contributed by atoms with van der Waals surface area (Å²) >= 11 is 0. The Morgan fingerprint density at radius 2 is 1.86 bits per heavy atom. The number of ketones is 1. The molecule has 0 spiro atoms. The second kappa shape index (κ2) is 8.09. The molecular weight excluding hydrogens is 370 g/mol. The molecule has 6 heteroatoms. The third kappa shape index (κ3) is 3.63. The van der Waals surface area contributed by atoms with E-state index in [4.69, 9.17) is 9.47 Å². The Kier molecular flexibility index (Phi) is 5.36. The van der Waals surface area contributed by atoms with Gasteiger partial charge >= 0.3 is 0 Å². The number of amides is 1. The quantitative estimate of drug-likeness (QED) is 0.479. The van der Waals surface area contributed by atoms with Crippen molar-refractivity contribution in [2.45, 2.75) is 25.0 Å². The van der Waals surface area contributed by atoms with Crippen molar-refractivity contribution in [3.05, 3.63) is 71.3 Å². The Bertz CT molecular complexity index is 930. The first-order chi connectivity index (χ1) is 14.1. The first kappa shape index (κ1) is 19.2. The van der Waals surface area contributed by atoms with E-state index in [1.807, 2.05) is 30.3 Å². The maximum atomic E-state index is 12.9. The molecule has 6 nitrogen and oxygen atoms in total. The van der Waals surface area contributed by atoms with Crippen molar-refractivity contribution < 1.29 is 24.2 Å². The van der Waals surface area contributed by atoms with Crippen LogP contribution in [0.2, 0.25) is 0 Å². The van der Waals surface area contributed by atoms with Gasteiger partial charge in [-0.3, -0.25) is 9.59 Å². The minimum Gasteiger partial charge on any atom is -0.507 e. The molecule has 1 amide bonds. The Morgan fingerprint density at radius 1 is 1.14 bits per heavy atom. The third-order valence-electron chi connectivity index (χ3n) is 5.44. The highest BCUT2D eigenvalue weighted by Gasteiger charge is 2.46. The van der Waals surface area contributed by atoms with Gasteiger partial charge in [-0.25, -0.2) is 0 Å². The minimum absolute atomic E-state index is 0.0968. The van der Waals surface area contributed by atoms with Crippen LogP contribution in [0.25, 0.3) is 5.76 Å². The number of ether oxygens (including phenoxy) is 2. The highest BCUT2D eigenvalue weighted by molar-refractivity contribution is 6.46. The molecule has 0 radical (unpaired) electrons. The van der Waals surface area contributed by atoms with Crippen molar-refractivity contribution in [2.75, 3.05) is 20.3 Å². The number of likely N-dealkylation sites (tertiary alicyclic amines) is 1. The van der Waals surface area contributed by atoms with E-state index in [2.05, 4.69) is 0 Å². The number of Topliss-reactive ketones (excluding diaryl/α,β-unsaturated/α-hetero) is 1. The molecule has 2 heterocycles. The first-order valence-electron chi connectivity index (χ1n) is 9.69. The minimum atomic E-state index is -0.676. The summed E-state index contributed by atoms with van der Waals surface area (Å²) in [4.78, 5) is 27.3. The number of methoxy groups -OCH3 is 1. The van der Waals surface area contributed by atoms with Crippen molar-refractivity contribution in [3.63, 3.8) is 0 Å². The zero-order chi connectivity index (χ0) is 20.4. The molecule has 29 heavy (non-hydrogen) atoms. The second-order valence-corrected chi connectivity index (χ2v) is 7.23. The van der Waals surface area contributed by atoms with E-state index in [9.17, 15) is 14.7 Å². The van der Waals surface area contributed by atoms with Crippen molar-refractivity contribution >= 4 is 17.4 Å². The van der Waals surface area contributed by atoms with Crippen molar-refractivity contribution in [1.29, 1.82) is 0 Å². The average Bonchev–Trinajstić information content (AvgIpc) is 3.36. The van der Waals surface area contributed by atoms with Gasteiger partial charge in [0.1, 0.15) is 11.5 Å². The van der Waals surface area contributed by atoms with Gasteiger partial charge < -0.3 is 19.5 Å². The number of aliphatic hydroxyl groups excluding tert-OH is 1. The second-order valence-electron chi connectivity index (χ2n) is 7.23. The maximum Gasteiger partial charge on any atom is 0.295 e. The molecule has 0 bridgehead atoms. The number of carbonyl (C=O) groups excluding carboxylic acids is 2. The van der Waals surface area contributed by atoms with Gasteiger partial charge in [-0.15, -0.1) is 0 Å². The molecule has 2 atom stereocenters. The summed E-state index contributed by atoms with van der Waals surface area (Å²) in [5.41, 5.74) is 1.34. The molecule has 2 unspecified atom stereocenters. The van der Waals surface area contributed by atoms with Crippen molar-refractivity contribution in [3.8, 4) is 5.75 Å². The smallest absolute Gasteiger partial charge is 0.295 e. The van der Waals surface area contributed by atoms with Gasteiger partial charge in [0.15, 0.2) is 0 Å². The topological polar surface area (TPSA) is 76.1 Å². The molecular formula is C23H23NO5. The first-order valence-corrected chi connectivity index (χ1v) is 9.69. The number of carbonyl (C=O) groups is 2. The molecule has 0 aliphatic carbocycles. The van der Waals surface area contributed by atoms with Crippen LogP contribution in [0.1, 0.15) is 30.0 Å². The molecule has 4 rings (SSSR count). The summed E-state index contributed by atoms with van der Waals surface area (Å²) in [6.07, 6.45) is 1.69. The number of hydrogen-bond donors (Lipinski definition) is 1. The van der Waals surface area contributed by atoms with Crippen LogP contribution in [0.4, 0.5) is 0 Å². The van der Waals surface area contributed by atoms with Gasteiger partial charge in [-0.2, -0.15) is 0 Å². The summed E-state index contributed by atoms with van der Waals surface area (Å²) < 4.78 is 10.8. The fraction of sp³-hybridized carbons (Fsp3) is 0.304. The van der Waals surface area contributed by atoms with E-state index < -0.39 is 17.7 Å². The number of nitrogens with zero attached hydrogens (tertiary/aromatic N) is 1. The van der Waals surface area contributed by atoms with Crippen LogP contribution >= 0.6 is 0 Å². The lowest BCUT2D eigenvalue weighted by Gasteiger charge is -2.27.